The van der Waals surface area contributed by atoms with E-state index in [1.165, 1.54) is 0 Å². The summed E-state index contributed by atoms with van der Waals surface area (Å²) in [6, 6.07) is 7.12. The van der Waals surface area contributed by atoms with E-state index in [0.717, 1.165) is 11.4 Å². The standard InChI is InChI=1S/C20H27N3O5/c1-3-28-19(25)15-8-10-21(11-9-15)18(24)14-22-12-13-23(20(22)26)16-4-6-17(27-2)7-5-16/h4-7,15H,3,8-14H2,1-2H3. The van der Waals surface area contributed by atoms with E-state index >= 15 is 0 Å². The van der Waals surface area contributed by atoms with Crippen LogP contribution in [-0.4, -0.2) is 74.1 Å². The maximum atomic E-state index is 12.7. The lowest BCUT2D eigenvalue weighted by atomic mass is 9.97. The second kappa shape index (κ2) is 8.95. The van der Waals surface area contributed by atoms with Gasteiger partial charge in [0, 0.05) is 31.9 Å². The maximum Gasteiger partial charge on any atom is 0.325 e. The smallest absolute Gasteiger partial charge is 0.325 e. The van der Waals surface area contributed by atoms with E-state index in [4.69, 9.17) is 9.47 Å². The molecule has 8 nitrogen and oxygen atoms in total. The van der Waals surface area contributed by atoms with Crippen LogP contribution in [0.2, 0.25) is 0 Å². The number of esters is 1. The molecule has 0 spiro atoms. The van der Waals surface area contributed by atoms with Crippen LogP contribution >= 0.6 is 0 Å². The predicted octanol–water partition coefficient (Wildman–Crippen LogP) is 1.74. The first kappa shape index (κ1) is 20.0. The van der Waals surface area contributed by atoms with Crippen molar-refractivity contribution < 1.29 is 23.9 Å². The number of rotatable bonds is 6. The fourth-order valence-corrected chi connectivity index (χ4v) is 3.62. The Kier molecular flexibility index (Phi) is 6.38. The molecule has 2 aliphatic rings. The van der Waals surface area contributed by atoms with E-state index in [2.05, 4.69) is 0 Å². The predicted molar refractivity (Wildman–Crippen MR) is 103 cm³/mol. The van der Waals surface area contributed by atoms with Gasteiger partial charge in [0.15, 0.2) is 0 Å². The van der Waals surface area contributed by atoms with Gasteiger partial charge in [-0.1, -0.05) is 0 Å². The summed E-state index contributed by atoms with van der Waals surface area (Å²) in [5.74, 6) is 0.336. The highest BCUT2D eigenvalue weighted by atomic mass is 16.5. The molecule has 8 heteroatoms. The van der Waals surface area contributed by atoms with Crippen molar-refractivity contribution in [3.05, 3.63) is 24.3 Å². The normalized spacial score (nSPS) is 17.8. The van der Waals surface area contributed by atoms with Crippen LogP contribution in [0.5, 0.6) is 5.75 Å². The Labute approximate surface area is 165 Å². The average molecular weight is 389 g/mol. The minimum atomic E-state index is -0.181. The molecule has 0 saturated carbocycles. The SMILES string of the molecule is CCOC(=O)C1CCN(C(=O)CN2CCN(c3ccc(OC)cc3)C2=O)CC1. The number of piperidine rings is 1. The molecule has 0 unspecified atom stereocenters. The van der Waals surface area contributed by atoms with Crippen molar-refractivity contribution in [2.75, 3.05) is 51.3 Å². The number of hydrogen-bond donors (Lipinski definition) is 0. The van der Waals surface area contributed by atoms with Crippen molar-refractivity contribution in [2.24, 2.45) is 5.92 Å². The van der Waals surface area contributed by atoms with Gasteiger partial charge in [-0.15, -0.1) is 0 Å². The van der Waals surface area contributed by atoms with Crippen LogP contribution in [0, 0.1) is 5.92 Å². The van der Waals surface area contributed by atoms with Crippen LogP contribution in [0.25, 0.3) is 0 Å². The van der Waals surface area contributed by atoms with Crippen LogP contribution in [-0.2, 0) is 14.3 Å². The number of carbonyl (C=O) groups excluding carboxylic acids is 3. The molecule has 2 heterocycles. The van der Waals surface area contributed by atoms with E-state index in [9.17, 15) is 14.4 Å². The first-order valence-electron chi connectivity index (χ1n) is 9.68. The van der Waals surface area contributed by atoms with Crippen LogP contribution in [0.1, 0.15) is 19.8 Å². The van der Waals surface area contributed by atoms with E-state index in [1.54, 1.807) is 28.7 Å². The first-order valence-corrected chi connectivity index (χ1v) is 9.68. The van der Waals surface area contributed by atoms with Crippen molar-refractivity contribution in [3.8, 4) is 5.75 Å². The largest absolute Gasteiger partial charge is 0.497 e. The summed E-state index contributed by atoms with van der Waals surface area (Å²) < 4.78 is 10.2. The van der Waals surface area contributed by atoms with Gasteiger partial charge in [0.25, 0.3) is 0 Å². The highest BCUT2D eigenvalue weighted by Crippen LogP contribution is 2.24. The first-order chi connectivity index (χ1) is 13.5. The van der Waals surface area contributed by atoms with Gasteiger partial charge < -0.3 is 19.3 Å². The summed E-state index contributed by atoms with van der Waals surface area (Å²) >= 11 is 0. The van der Waals surface area contributed by atoms with Crippen LogP contribution < -0.4 is 9.64 Å². The summed E-state index contributed by atoms with van der Waals surface area (Å²) in [6.45, 7) is 4.33. The van der Waals surface area contributed by atoms with Gasteiger partial charge in [-0.05, 0) is 44.0 Å². The van der Waals surface area contributed by atoms with E-state index in [1.807, 2.05) is 24.3 Å². The van der Waals surface area contributed by atoms with Crippen molar-refractivity contribution in [1.82, 2.24) is 9.80 Å². The minimum Gasteiger partial charge on any atom is -0.497 e. The van der Waals surface area contributed by atoms with Crippen molar-refractivity contribution in [1.29, 1.82) is 0 Å². The number of benzene rings is 1. The number of ether oxygens (including phenoxy) is 2. The minimum absolute atomic E-state index is 0.0650. The highest BCUT2D eigenvalue weighted by Gasteiger charge is 2.33. The molecule has 28 heavy (non-hydrogen) atoms. The quantitative estimate of drug-likeness (QED) is 0.693. The lowest BCUT2D eigenvalue weighted by Crippen LogP contribution is -2.46. The van der Waals surface area contributed by atoms with E-state index < -0.39 is 0 Å². The summed E-state index contributed by atoms with van der Waals surface area (Å²) in [4.78, 5) is 42.1. The van der Waals surface area contributed by atoms with Gasteiger partial charge in [-0.2, -0.15) is 0 Å². The molecule has 2 saturated heterocycles. The molecule has 2 aliphatic heterocycles. The molecule has 0 N–H and O–H groups in total. The number of nitrogens with zero attached hydrogens (tertiary/aromatic N) is 3. The third-order valence-electron chi connectivity index (χ3n) is 5.27. The Hall–Kier alpha value is -2.77. The maximum absolute atomic E-state index is 12.7. The zero-order chi connectivity index (χ0) is 20.1. The molecule has 1 aromatic carbocycles. The Morgan fingerprint density at radius 2 is 1.75 bits per heavy atom. The average Bonchev–Trinajstić information content (AvgIpc) is 3.08. The molecule has 1 aromatic rings. The van der Waals surface area contributed by atoms with Gasteiger partial charge in [-0.3, -0.25) is 14.5 Å². The van der Waals surface area contributed by atoms with Crippen LogP contribution in [0.4, 0.5) is 10.5 Å². The summed E-state index contributed by atoms with van der Waals surface area (Å²) in [7, 11) is 1.60. The van der Waals surface area contributed by atoms with Gasteiger partial charge in [0.2, 0.25) is 5.91 Å². The summed E-state index contributed by atoms with van der Waals surface area (Å²) in [6.07, 6.45) is 1.22. The molecule has 0 radical (unpaired) electrons. The fraction of sp³-hybridized carbons (Fsp3) is 0.550. The van der Waals surface area contributed by atoms with Crippen molar-refractivity contribution in [3.63, 3.8) is 0 Å². The second-order valence-electron chi connectivity index (χ2n) is 6.96. The lowest BCUT2D eigenvalue weighted by Gasteiger charge is -2.32. The molecule has 0 atom stereocenters. The zero-order valence-electron chi connectivity index (χ0n) is 16.4. The molecule has 0 aliphatic carbocycles. The number of amides is 3. The topological polar surface area (TPSA) is 79.4 Å². The van der Waals surface area contributed by atoms with Gasteiger partial charge in [0.05, 0.1) is 19.6 Å². The number of urea groups is 1. The number of carbonyl (C=O) groups is 3. The van der Waals surface area contributed by atoms with Crippen LogP contribution in [0.3, 0.4) is 0 Å². The van der Waals surface area contributed by atoms with Gasteiger partial charge in [0.1, 0.15) is 12.3 Å². The Bertz CT molecular complexity index is 713. The Balaban J connectivity index is 1.51. The number of likely N-dealkylation sites (tertiary alicyclic amines) is 1. The molecule has 2 fully saturated rings. The van der Waals surface area contributed by atoms with Gasteiger partial charge >= 0.3 is 12.0 Å². The highest BCUT2D eigenvalue weighted by molar-refractivity contribution is 5.96. The molecule has 0 bridgehead atoms. The molecule has 0 aromatic heterocycles. The van der Waals surface area contributed by atoms with Crippen molar-refractivity contribution in [2.45, 2.75) is 19.8 Å². The van der Waals surface area contributed by atoms with E-state index in [-0.39, 0.29) is 30.4 Å². The third-order valence-corrected chi connectivity index (χ3v) is 5.27. The van der Waals surface area contributed by atoms with Crippen molar-refractivity contribution >= 4 is 23.6 Å². The van der Waals surface area contributed by atoms with Gasteiger partial charge in [-0.25, -0.2) is 4.79 Å². The number of hydrogen-bond acceptors (Lipinski definition) is 5. The Morgan fingerprint density at radius 3 is 2.36 bits per heavy atom. The fourth-order valence-electron chi connectivity index (χ4n) is 3.62. The molecule has 3 rings (SSSR count). The Morgan fingerprint density at radius 1 is 1.07 bits per heavy atom. The summed E-state index contributed by atoms with van der Waals surface area (Å²) in [5.41, 5.74) is 0.788. The molecule has 3 amide bonds. The lowest BCUT2D eigenvalue weighted by molar-refractivity contribution is -0.151. The molecule has 152 valence electrons. The zero-order valence-corrected chi connectivity index (χ0v) is 16.4. The number of methoxy groups -OCH3 is 1. The summed E-state index contributed by atoms with van der Waals surface area (Å²) in [5, 5.41) is 0. The molecular formula is C20H27N3O5. The van der Waals surface area contributed by atoms with Crippen LogP contribution in [0.15, 0.2) is 24.3 Å². The third kappa shape index (κ3) is 4.37. The molecular weight excluding hydrogens is 362 g/mol. The monoisotopic (exact) mass is 389 g/mol. The second-order valence-corrected chi connectivity index (χ2v) is 6.96. The van der Waals surface area contributed by atoms with E-state index in [0.29, 0.717) is 45.6 Å². The number of anilines is 1.